The predicted octanol–water partition coefficient (Wildman–Crippen LogP) is 1.80. The number of aromatic nitrogens is 1. The van der Waals surface area contributed by atoms with Crippen molar-refractivity contribution >= 4 is 15.9 Å². The molecule has 1 aromatic heterocycles. The first kappa shape index (κ1) is 10.6. The zero-order chi connectivity index (χ0) is 9.84. The third-order valence-corrected chi connectivity index (χ3v) is 2.74. The fourth-order valence-corrected chi connectivity index (χ4v) is 1.50. The van der Waals surface area contributed by atoms with Gasteiger partial charge in [0.15, 0.2) is 0 Å². The van der Waals surface area contributed by atoms with Crippen LogP contribution in [0.2, 0.25) is 0 Å². The fourth-order valence-electron chi connectivity index (χ4n) is 1.16. The molecule has 0 radical (unpaired) electrons. The predicted molar refractivity (Wildman–Crippen MR) is 55.5 cm³/mol. The first-order valence-electron chi connectivity index (χ1n) is 4.01. The van der Waals surface area contributed by atoms with Crippen LogP contribution in [0, 0.1) is 6.92 Å². The number of ether oxygens (including phenoxy) is 1. The van der Waals surface area contributed by atoms with Crippen molar-refractivity contribution < 1.29 is 4.74 Å². The molecule has 0 aliphatic carbocycles. The van der Waals surface area contributed by atoms with E-state index in [1.165, 1.54) is 0 Å². The van der Waals surface area contributed by atoms with Crippen LogP contribution in [0.1, 0.15) is 17.2 Å². The topological polar surface area (TPSA) is 48.1 Å². The Labute approximate surface area is 86.4 Å². The third-order valence-electron chi connectivity index (χ3n) is 1.94. The monoisotopic (exact) mass is 244 g/mol. The maximum Gasteiger partial charge on any atom is 0.0656 e. The Morgan fingerprint density at radius 3 is 2.92 bits per heavy atom. The number of hydrogen-bond acceptors (Lipinski definition) is 3. The number of pyridine rings is 1. The number of halogens is 1. The van der Waals surface area contributed by atoms with Crippen LogP contribution in [0.4, 0.5) is 0 Å². The van der Waals surface area contributed by atoms with Crippen molar-refractivity contribution in [3.63, 3.8) is 0 Å². The highest BCUT2D eigenvalue weighted by atomic mass is 79.9. The number of methoxy groups -OCH3 is 1. The highest BCUT2D eigenvalue weighted by Gasteiger charge is 2.10. The summed E-state index contributed by atoms with van der Waals surface area (Å²) in [5, 5.41) is 0. The van der Waals surface area contributed by atoms with Crippen molar-refractivity contribution in [3.8, 4) is 0 Å². The Balaban J connectivity index is 2.93. The van der Waals surface area contributed by atoms with Crippen molar-refractivity contribution in [2.45, 2.75) is 13.0 Å². The van der Waals surface area contributed by atoms with Crippen LogP contribution in [0.15, 0.2) is 16.9 Å². The Morgan fingerprint density at radius 1 is 1.62 bits per heavy atom. The maximum absolute atomic E-state index is 5.89. The van der Waals surface area contributed by atoms with Gasteiger partial charge in [0.05, 0.1) is 12.6 Å². The molecule has 72 valence electrons. The number of nitrogens with zero attached hydrogens (tertiary/aromatic N) is 1. The van der Waals surface area contributed by atoms with E-state index in [1.807, 2.05) is 6.92 Å². The molecule has 1 heterocycles. The van der Waals surface area contributed by atoms with E-state index in [0.29, 0.717) is 6.61 Å². The molecule has 0 fully saturated rings. The second kappa shape index (κ2) is 4.69. The third kappa shape index (κ3) is 2.49. The second-order valence-corrected chi connectivity index (χ2v) is 3.75. The molecule has 3 nitrogen and oxygen atoms in total. The zero-order valence-electron chi connectivity index (χ0n) is 7.75. The van der Waals surface area contributed by atoms with Gasteiger partial charge < -0.3 is 10.5 Å². The van der Waals surface area contributed by atoms with Crippen molar-refractivity contribution in [3.05, 3.63) is 28.0 Å². The van der Waals surface area contributed by atoms with Crippen LogP contribution in [0.25, 0.3) is 0 Å². The molecular weight excluding hydrogens is 232 g/mol. The van der Waals surface area contributed by atoms with Crippen LogP contribution in [0.5, 0.6) is 0 Å². The minimum atomic E-state index is -0.102. The quantitative estimate of drug-likeness (QED) is 0.883. The van der Waals surface area contributed by atoms with Gasteiger partial charge in [-0.25, -0.2) is 0 Å². The lowest BCUT2D eigenvalue weighted by molar-refractivity contribution is 0.180. The van der Waals surface area contributed by atoms with Crippen molar-refractivity contribution in [2.75, 3.05) is 13.7 Å². The average molecular weight is 245 g/mol. The smallest absolute Gasteiger partial charge is 0.0656 e. The van der Waals surface area contributed by atoms with E-state index in [1.54, 1.807) is 19.5 Å². The van der Waals surface area contributed by atoms with E-state index in [2.05, 4.69) is 20.9 Å². The summed E-state index contributed by atoms with van der Waals surface area (Å²) in [6, 6.07) is -0.102. The van der Waals surface area contributed by atoms with Gasteiger partial charge in [0.1, 0.15) is 0 Å². The SMILES string of the molecule is COCC(N)c1cncc(Br)c1C. The van der Waals surface area contributed by atoms with E-state index < -0.39 is 0 Å². The largest absolute Gasteiger partial charge is 0.383 e. The molecular formula is C9H13BrN2O. The van der Waals surface area contributed by atoms with Gasteiger partial charge in [-0.05, 0) is 34.0 Å². The highest BCUT2D eigenvalue weighted by molar-refractivity contribution is 9.10. The fraction of sp³-hybridized carbons (Fsp3) is 0.444. The van der Waals surface area contributed by atoms with Gasteiger partial charge in [0.2, 0.25) is 0 Å². The van der Waals surface area contributed by atoms with E-state index in [0.717, 1.165) is 15.6 Å². The summed E-state index contributed by atoms with van der Waals surface area (Å²) >= 11 is 3.41. The van der Waals surface area contributed by atoms with E-state index in [9.17, 15) is 0 Å². The van der Waals surface area contributed by atoms with Crippen molar-refractivity contribution in [1.82, 2.24) is 4.98 Å². The molecule has 4 heteroatoms. The molecule has 0 saturated carbocycles. The molecule has 1 unspecified atom stereocenters. The molecule has 0 aliphatic heterocycles. The van der Waals surface area contributed by atoms with E-state index >= 15 is 0 Å². The molecule has 0 bridgehead atoms. The molecule has 1 aromatic rings. The minimum absolute atomic E-state index is 0.102. The lowest BCUT2D eigenvalue weighted by atomic mass is 10.1. The highest BCUT2D eigenvalue weighted by Crippen LogP contribution is 2.21. The summed E-state index contributed by atoms with van der Waals surface area (Å²) in [5.74, 6) is 0. The average Bonchev–Trinajstić information content (AvgIpc) is 2.10. The zero-order valence-corrected chi connectivity index (χ0v) is 9.34. The van der Waals surface area contributed by atoms with Crippen molar-refractivity contribution in [2.24, 2.45) is 5.73 Å². The lowest BCUT2D eigenvalue weighted by Crippen LogP contribution is -2.17. The summed E-state index contributed by atoms with van der Waals surface area (Å²) in [6.07, 6.45) is 3.54. The van der Waals surface area contributed by atoms with Gasteiger partial charge in [-0.1, -0.05) is 0 Å². The van der Waals surface area contributed by atoms with Crippen LogP contribution in [0.3, 0.4) is 0 Å². The van der Waals surface area contributed by atoms with E-state index in [-0.39, 0.29) is 6.04 Å². The van der Waals surface area contributed by atoms with Gasteiger partial charge in [-0.15, -0.1) is 0 Å². The normalized spacial score (nSPS) is 12.9. The Bertz CT molecular complexity index is 291. The number of rotatable bonds is 3. The van der Waals surface area contributed by atoms with Crippen LogP contribution in [-0.2, 0) is 4.74 Å². The van der Waals surface area contributed by atoms with Crippen LogP contribution in [-0.4, -0.2) is 18.7 Å². The Hall–Kier alpha value is -0.450. The molecule has 0 aliphatic rings. The number of hydrogen-bond donors (Lipinski definition) is 1. The molecule has 0 saturated heterocycles. The molecule has 0 aromatic carbocycles. The van der Waals surface area contributed by atoms with Crippen molar-refractivity contribution in [1.29, 1.82) is 0 Å². The summed E-state index contributed by atoms with van der Waals surface area (Å²) in [4.78, 5) is 4.07. The van der Waals surface area contributed by atoms with Gasteiger partial charge in [0, 0.05) is 24.0 Å². The Morgan fingerprint density at radius 2 is 2.31 bits per heavy atom. The molecule has 13 heavy (non-hydrogen) atoms. The van der Waals surface area contributed by atoms with Gasteiger partial charge in [-0.3, -0.25) is 4.98 Å². The summed E-state index contributed by atoms with van der Waals surface area (Å²) in [5.41, 5.74) is 8.04. The molecule has 0 spiro atoms. The lowest BCUT2D eigenvalue weighted by Gasteiger charge is -2.13. The van der Waals surface area contributed by atoms with Gasteiger partial charge >= 0.3 is 0 Å². The first-order chi connectivity index (χ1) is 6.16. The summed E-state index contributed by atoms with van der Waals surface area (Å²) < 4.78 is 5.97. The second-order valence-electron chi connectivity index (χ2n) is 2.90. The summed E-state index contributed by atoms with van der Waals surface area (Å²) in [7, 11) is 1.64. The van der Waals surface area contributed by atoms with E-state index in [4.69, 9.17) is 10.5 Å². The summed E-state index contributed by atoms with van der Waals surface area (Å²) in [6.45, 7) is 2.52. The van der Waals surface area contributed by atoms with Gasteiger partial charge in [-0.2, -0.15) is 0 Å². The minimum Gasteiger partial charge on any atom is -0.383 e. The molecule has 2 N–H and O–H groups in total. The first-order valence-corrected chi connectivity index (χ1v) is 4.80. The maximum atomic E-state index is 5.89. The molecule has 1 rings (SSSR count). The number of nitrogens with two attached hydrogens (primary N) is 1. The van der Waals surface area contributed by atoms with Crippen LogP contribution < -0.4 is 5.73 Å². The standard InChI is InChI=1S/C9H13BrN2O/c1-6-7(9(11)5-13-2)3-12-4-8(6)10/h3-4,9H,5,11H2,1-2H3. The van der Waals surface area contributed by atoms with Gasteiger partial charge in [0.25, 0.3) is 0 Å². The Kier molecular flexibility index (Phi) is 3.84. The molecule has 1 atom stereocenters. The van der Waals surface area contributed by atoms with Crippen LogP contribution >= 0.6 is 15.9 Å². The molecule has 0 amide bonds.